The second kappa shape index (κ2) is 34.3. The van der Waals surface area contributed by atoms with Gasteiger partial charge in [-0.2, -0.15) is 0 Å². The van der Waals surface area contributed by atoms with Crippen molar-refractivity contribution < 1.29 is 4.42 Å². The Bertz CT molecular complexity index is 9510. The zero-order chi connectivity index (χ0) is 92.9. The fourth-order valence-electron chi connectivity index (χ4n) is 21.0. The van der Waals surface area contributed by atoms with Crippen molar-refractivity contribution in [2.75, 3.05) is 0 Å². The van der Waals surface area contributed by atoms with E-state index in [4.69, 9.17) is 29.3 Å². The number of furan rings is 1. The number of hydrogen-bond acceptors (Lipinski definition) is 8. The summed E-state index contributed by atoms with van der Waals surface area (Å²) in [6.45, 7) is 4.66. The summed E-state index contributed by atoms with van der Waals surface area (Å²) in [5.41, 5.74) is 36.0. The molecule has 0 amide bonds. The standard InChI is InChI=1S/C46H29N3S.C43H31N3.C40H25N3O/c1-2-9-30(10-3-1)31-17-19-32(20-18-31)34-11-8-12-35(29-34)40-27-28-47-46(48-40)33-21-23-36(24-22-33)49-41-15-6-4-14-39(41)44-42(49)26-25-38-37-13-5-7-16-43(37)50-45(38)44;1-43(2)37-17-8-6-15-33(37)35-26-36-34-16-7-9-18-40(34)46(41(36)27-38(35)43)42-44-24-23-39(45-42)30-21-19-29(20-22-30)32-14-10-13-31(25-32)28-11-4-3-5-12-28;1-2-9-26(10-3-1)27-17-19-28(20-18-27)29-11-8-12-30(25-29)34-23-24-41-40(42-34)43-35-15-6-4-14-33(35)38-36(43)22-21-32-31-13-5-7-16-37(31)44-39(32)38/h1-29H;3-27H,1-2H3;1-25H. The normalized spacial score (nSPS) is 12.1. The van der Waals surface area contributed by atoms with Crippen LogP contribution in [0, 0.1) is 0 Å². The molecule has 1 aliphatic carbocycles. The number of aromatic nitrogens is 9. The molecule has 140 heavy (non-hydrogen) atoms. The van der Waals surface area contributed by atoms with Crippen LogP contribution in [0.1, 0.15) is 25.0 Å². The third-order valence-corrected chi connectivity index (χ3v) is 29.1. The molecule has 0 spiro atoms. The van der Waals surface area contributed by atoms with Crippen molar-refractivity contribution in [3.05, 3.63) is 491 Å². The first-order valence-electron chi connectivity index (χ1n) is 47.4. The summed E-state index contributed by atoms with van der Waals surface area (Å²) >= 11 is 1.88. The molecule has 0 aliphatic heterocycles. The summed E-state index contributed by atoms with van der Waals surface area (Å²) in [4.78, 5) is 29.6. The van der Waals surface area contributed by atoms with E-state index in [0.29, 0.717) is 17.7 Å². The molecular formula is C129H85N9OS. The molecule has 0 radical (unpaired) electrons. The second-order valence-electron chi connectivity index (χ2n) is 36.4. The van der Waals surface area contributed by atoms with Crippen LogP contribution in [0.5, 0.6) is 0 Å². The molecule has 28 rings (SSSR count). The minimum atomic E-state index is -0.0908. The van der Waals surface area contributed by atoms with E-state index in [0.717, 1.165) is 116 Å². The number of fused-ring (bicyclic) bond motifs is 20. The van der Waals surface area contributed by atoms with Gasteiger partial charge in [-0.3, -0.25) is 9.13 Å². The summed E-state index contributed by atoms with van der Waals surface area (Å²) in [6, 6.07) is 163. The number of thiophene rings is 1. The Hall–Kier alpha value is -18.2. The fourth-order valence-corrected chi connectivity index (χ4v) is 22.3. The molecule has 27 aromatic rings. The van der Waals surface area contributed by atoms with E-state index in [9.17, 15) is 0 Å². The third kappa shape index (κ3) is 14.5. The molecule has 10 nitrogen and oxygen atoms in total. The van der Waals surface area contributed by atoms with Gasteiger partial charge in [0.05, 0.1) is 55.6 Å². The number of rotatable bonds is 13. The highest BCUT2D eigenvalue weighted by Crippen LogP contribution is 2.52. The molecule has 0 atom stereocenters. The van der Waals surface area contributed by atoms with Crippen LogP contribution in [0.3, 0.4) is 0 Å². The minimum Gasteiger partial charge on any atom is -0.455 e. The molecule has 0 saturated heterocycles. The summed E-state index contributed by atoms with van der Waals surface area (Å²) in [7, 11) is 0. The average Bonchev–Trinajstić information content (AvgIpc) is 1.55. The molecule has 8 aromatic heterocycles. The van der Waals surface area contributed by atoms with Crippen LogP contribution in [0.2, 0.25) is 0 Å². The van der Waals surface area contributed by atoms with Crippen LogP contribution in [-0.4, -0.2) is 43.6 Å². The van der Waals surface area contributed by atoms with E-state index in [1.807, 2.05) is 72.4 Å². The lowest BCUT2D eigenvalue weighted by Crippen LogP contribution is -2.15. The van der Waals surface area contributed by atoms with Gasteiger partial charge in [0.1, 0.15) is 11.2 Å². The van der Waals surface area contributed by atoms with E-state index >= 15 is 0 Å². The highest BCUT2D eigenvalue weighted by Gasteiger charge is 2.37. The molecular weight excluding hydrogens is 1720 g/mol. The van der Waals surface area contributed by atoms with Crippen LogP contribution in [-0.2, 0) is 5.41 Å². The summed E-state index contributed by atoms with van der Waals surface area (Å²) in [5, 5.41) is 12.1. The van der Waals surface area contributed by atoms with Gasteiger partial charge in [-0.05, 0) is 210 Å². The largest absolute Gasteiger partial charge is 0.455 e. The van der Waals surface area contributed by atoms with E-state index in [-0.39, 0.29) is 5.41 Å². The zero-order valence-corrected chi connectivity index (χ0v) is 77.3. The third-order valence-electron chi connectivity index (χ3n) is 27.9. The SMILES string of the molecule is CC1(C)c2ccccc2-c2cc3c4ccccc4n(-c4nccc(-c5ccc(-c6cccc(-c7ccccc7)c6)cc5)n4)c3cc21.c1ccc(-c2ccc(-c3cccc(-c4ccnc(-c5ccc(-n6c7ccccc7c7c8sc9ccccc9c8ccc76)cc5)n4)c3)cc2)cc1.c1ccc(-c2ccc(-c3cccc(-c4ccnc(-n5c6ccccc6c6c7oc8ccccc8c7ccc65)n4)c3)cc2)cc1. The van der Waals surface area contributed by atoms with Gasteiger partial charge in [-0.25, -0.2) is 29.9 Å². The second-order valence-corrected chi connectivity index (χ2v) is 37.4. The van der Waals surface area contributed by atoms with Gasteiger partial charge < -0.3 is 8.98 Å². The molecule has 0 saturated carbocycles. The van der Waals surface area contributed by atoms with Crippen molar-refractivity contribution in [1.82, 2.24) is 43.6 Å². The van der Waals surface area contributed by atoms with E-state index < -0.39 is 0 Å². The lowest BCUT2D eigenvalue weighted by atomic mass is 9.82. The number of nitrogens with zero attached hydrogens (tertiary/aromatic N) is 9. The maximum Gasteiger partial charge on any atom is 0.235 e. The van der Waals surface area contributed by atoms with Crippen LogP contribution < -0.4 is 0 Å². The fraction of sp³-hybridized carbons (Fsp3) is 0.0233. The smallest absolute Gasteiger partial charge is 0.235 e. The van der Waals surface area contributed by atoms with Gasteiger partial charge in [0.2, 0.25) is 11.9 Å². The van der Waals surface area contributed by atoms with Crippen molar-refractivity contribution in [2.24, 2.45) is 0 Å². The van der Waals surface area contributed by atoms with Crippen LogP contribution in [0.15, 0.2) is 484 Å². The molecule has 0 N–H and O–H groups in total. The Labute approximate surface area is 811 Å². The average molecular weight is 1810 g/mol. The Morgan fingerprint density at radius 3 is 1.24 bits per heavy atom. The predicted molar refractivity (Wildman–Crippen MR) is 581 cm³/mol. The van der Waals surface area contributed by atoms with Crippen molar-refractivity contribution in [2.45, 2.75) is 19.3 Å². The number of hydrogen-bond donors (Lipinski definition) is 0. The summed E-state index contributed by atoms with van der Waals surface area (Å²) in [6.07, 6.45) is 5.58. The Morgan fingerprint density at radius 1 is 0.236 bits per heavy atom. The minimum absolute atomic E-state index is 0.0908. The Morgan fingerprint density at radius 2 is 0.643 bits per heavy atom. The lowest BCUT2D eigenvalue weighted by molar-refractivity contribution is 0.661. The first-order chi connectivity index (χ1) is 69.2. The Kier molecular flexibility index (Phi) is 20.2. The van der Waals surface area contributed by atoms with E-state index in [1.54, 1.807) is 0 Å². The van der Waals surface area contributed by atoms with Gasteiger partial charge >= 0.3 is 0 Å². The van der Waals surface area contributed by atoms with Crippen molar-refractivity contribution in [3.63, 3.8) is 0 Å². The highest BCUT2D eigenvalue weighted by atomic mass is 32.1. The molecule has 1 aliphatic rings. The van der Waals surface area contributed by atoms with Crippen LogP contribution in [0.4, 0.5) is 0 Å². The first-order valence-corrected chi connectivity index (χ1v) is 48.2. The van der Waals surface area contributed by atoms with E-state index in [2.05, 4.69) is 451 Å². The number of para-hydroxylation sites is 4. The Balaban J connectivity index is 0.000000108. The zero-order valence-electron chi connectivity index (χ0n) is 76.5. The van der Waals surface area contributed by atoms with Gasteiger partial charge in [0.15, 0.2) is 5.82 Å². The monoisotopic (exact) mass is 1810 g/mol. The van der Waals surface area contributed by atoms with Crippen molar-refractivity contribution in [3.8, 4) is 141 Å². The van der Waals surface area contributed by atoms with Crippen molar-refractivity contribution >= 4 is 119 Å². The first kappa shape index (κ1) is 82.5. The maximum absolute atomic E-state index is 6.45. The van der Waals surface area contributed by atoms with Gasteiger partial charge in [0.25, 0.3) is 0 Å². The quantitative estimate of drug-likeness (QED) is 0.113. The van der Waals surface area contributed by atoms with Gasteiger partial charge in [-0.15, -0.1) is 11.3 Å². The summed E-state index contributed by atoms with van der Waals surface area (Å²) < 4.78 is 15.9. The molecule has 11 heteroatoms. The van der Waals surface area contributed by atoms with Crippen molar-refractivity contribution in [1.29, 1.82) is 0 Å². The number of benzene rings is 19. The molecule has 0 fully saturated rings. The predicted octanol–water partition coefficient (Wildman–Crippen LogP) is 34.0. The van der Waals surface area contributed by atoms with Crippen LogP contribution >= 0.6 is 11.3 Å². The van der Waals surface area contributed by atoms with Gasteiger partial charge in [-0.1, -0.05) is 354 Å². The highest BCUT2D eigenvalue weighted by molar-refractivity contribution is 7.26. The summed E-state index contributed by atoms with van der Waals surface area (Å²) in [5.74, 6) is 2.01. The topological polar surface area (TPSA) is 105 Å². The lowest BCUT2D eigenvalue weighted by Gasteiger charge is -2.21. The van der Waals surface area contributed by atoms with E-state index in [1.165, 1.54) is 125 Å². The maximum atomic E-state index is 6.45. The molecule has 19 aromatic carbocycles. The molecule has 0 unspecified atom stereocenters. The molecule has 0 bridgehead atoms. The molecule has 658 valence electrons. The molecule has 8 heterocycles. The van der Waals surface area contributed by atoms with Gasteiger partial charge in [0, 0.05) is 110 Å². The van der Waals surface area contributed by atoms with Crippen LogP contribution in [0.25, 0.3) is 248 Å².